The lowest BCUT2D eigenvalue weighted by molar-refractivity contribution is 0.309. The van der Waals surface area contributed by atoms with Gasteiger partial charge in [0.15, 0.2) is 0 Å². The fraction of sp³-hybridized carbons (Fsp3) is 0.600. The van der Waals surface area contributed by atoms with Gasteiger partial charge in [-0.15, -0.1) is 11.8 Å². The van der Waals surface area contributed by atoms with Crippen LogP contribution in [0.3, 0.4) is 0 Å². The van der Waals surface area contributed by atoms with Crippen molar-refractivity contribution in [3.05, 3.63) is 23.8 Å². The normalized spacial score (nSPS) is 29.2. The predicted molar refractivity (Wildman–Crippen MR) is 77.4 cm³/mol. The molecule has 0 aliphatic heterocycles. The Balaban J connectivity index is 2.02. The Hall–Kier alpha value is -0.630. The summed E-state index contributed by atoms with van der Waals surface area (Å²) in [7, 11) is 0. The van der Waals surface area contributed by atoms with Crippen molar-refractivity contribution >= 4 is 17.4 Å². The maximum absolute atomic E-state index is 5.86. The zero-order chi connectivity index (χ0) is 12.4. The molecule has 2 atom stereocenters. The summed E-state index contributed by atoms with van der Waals surface area (Å²) in [6.45, 7) is 6.86. The zero-order valence-corrected chi connectivity index (χ0v) is 11.9. The van der Waals surface area contributed by atoms with Gasteiger partial charge in [0.25, 0.3) is 0 Å². The quantitative estimate of drug-likeness (QED) is 0.781. The minimum atomic E-state index is 0.789. The van der Waals surface area contributed by atoms with Crippen molar-refractivity contribution in [2.75, 3.05) is 5.73 Å². The molecular formula is C15H23NS. The van der Waals surface area contributed by atoms with E-state index in [1.165, 1.54) is 29.7 Å². The highest BCUT2D eigenvalue weighted by Gasteiger charge is 2.24. The van der Waals surface area contributed by atoms with Crippen molar-refractivity contribution in [3.63, 3.8) is 0 Å². The molecule has 1 aliphatic carbocycles. The van der Waals surface area contributed by atoms with Gasteiger partial charge in [0.05, 0.1) is 0 Å². The van der Waals surface area contributed by atoms with Gasteiger partial charge in [0.2, 0.25) is 0 Å². The molecule has 2 rings (SSSR count). The van der Waals surface area contributed by atoms with Crippen molar-refractivity contribution < 1.29 is 0 Å². The molecule has 0 spiro atoms. The first-order valence-corrected chi connectivity index (χ1v) is 7.45. The molecule has 1 aliphatic rings. The predicted octanol–water partition coefficient (Wildman–Crippen LogP) is 4.49. The van der Waals surface area contributed by atoms with E-state index in [0.29, 0.717) is 0 Å². The Kier molecular flexibility index (Phi) is 4.03. The molecule has 0 saturated heterocycles. The lowest BCUT2D eigenvalue weighted by atomic mass is 9.83. The molecule has 94 valence electrons. The SMILES string of the molecule is Cc1cc(SC2CC(C)CC(C)C2)ccc1N. The van der Waals surface area contributed by atoms with Gasteiger partial charge in [-0.2, -0.15) is 0 Å². The van der Waals surface area contributed by atoms with Crippen LogP contribution in [0.15, 0.2) is 23.1 Å². The molecule has 0 aromatic heterocycles. The van der Waals surface area contributed by atoms with E-state index >= 15 is 0 Å². The summed E-state index contributed by atoms with van der Waals surface area (Å²) in [5.41, 5.74) is 7.96. The zero-order valence-electron chi connectivity index (χ0n) is 11.1. The van der Waals surface area contributed by atoms with Crippen LogP contribution >= 0.6 is 11.8 Å². The van der Waals surface area contributed by atoms with Crippen LogP contribution in [0.25, 0.3) is 0 Å². The lowest BCUT2D eigenvalue weighted by Gasteiger charge is -2.31. The number of thioether (sulfide) groups is 1. The van der Waals surface area contributed by atoms with Crippen molar-refractivity contribution in [1.29, 1.82) is 0 Å². The van der Waals surface area contributed by atoms with Crippen molar-refractivity contribution in [2.45, 2.75) is 50.2 Å². The van der Waals surface area contributed by atoms with E-state index in [2.05, 4.69) is 32.9 Å². The standard InChI is InChI=1S/C15H23NS/c1-10-6-11(2)8-14(7-10)17-13-4-5-15(16)12(3)9-13/h4-5,9-11,14H,6-8,16H2,1-3H3. The number of nitrogen functional groups attached to an aromatic ring is 1. The van der Waals surface area contributed by atoms with E-state index in [0.717, 1.165) is 22.8 Å². The monoisotopic (exact) mass is 249 g/mol. The fourth-order valence-corrected chi connectivity index (χ4v) is 4.51. The molecular weight excluding hydrogens is 226 g/mol. The van der Waals surface area contributed by atoms with Crippen LogP contribution < -0.4 is 5.73 Å². The van der Waals surface area contributed by atoms with E-state index in [9.17, 15) is 0 Å². The summed E-state index contributed by atoms with van der Waals surface area (Å²) in [5.74, 6) is 1.76. The molecule has 17 heavy (non-hydrogen) atoms. The lowest BCUT2D eigenvalue weighted by Crippen LogP contribution is -2.21. The van der Waals surface area contributed by atoms with Crippen molar-refractivity contribution in [3.8, 4) is 0 Å². The van der Waals surface area contributed by atoms with Gasteiger partial charge in [-0.3, -0.25) is 0 Å². The number of hydrogen-bond acceptors (Lipinski definition) is 2. The first-order chi connectivity index (χ1) is 8.04. The number of hydrogen-bond donors (Lipinski definition) is 1. The maximum atomic E-state index is 5.86. The minimum absolute atomic E-state index is 0.789. The molecule has 1 aromatic carbocycles. The van der Waals surface area contributed by atoms with Gasteiger partial charge >= 0.3 is 0 Å². The summed E-state index contributed by atoms with van der Waals surface area (Å²) in [6, 6.07) is 6.42. The second-order valence-corrected chi connectivity index (χ2v) is 7.05. The first kappa shape index (κ1) is 12.8. The van der Waals surface area contributed by atoms with Gasteiger partial charge < -0.3 is 5.73 Å². The van der Waals surface area contributed by atoms with Gasteiger partial charge in [0.1, 0.15) is 0 Å². The molecule has 0 amide bonds. The number of benzene rings is 1. The van der Waals surface area contributed by atoms with Crippen molar-refractivity contribution in [1.82, 2.24) is 0 Å². The van der Waals surface area contributed by atoms with Crippen LogP contribution in [0.5, 0.6) is 0 Å². The van der Waals surface area contributed by atoms with Crippen LogP contribution in [0.1, 0.15) is 38.7 Å². The smallest absolute Gasteiger partial charge is 0.0344 e. The fourth-order valence-electron chi connectivity index (χ4n) is 2.88. The van der Waals surface area contributed by atoms with Crippen LogP contribution in [-0.4, -0.2) is 5.25 Å². The van der Waals surface area contributed by atoms with Crippen LogP contribution in [-0.2, 0) is 0 Å². The maximum Gasteiger partial charge on any atom is 0.0344 e. The average Bonchev–Trinajstić information content (AvgIpc) is 2.22. The Labute approximate surface area is 109 Å². The molecule has 2 N–H and O–H groups in total. The van der Waals surface area contributed by atoms with E-state index in [4.69, 9.17) is 5.73 Å². The molecule has 0 heterocycles. The summed E-state index contributed by atoms with van der Waals surface area (Å²) < 4.78 is 0. The molecule has 2 heteroatoms. The minimum Gasteiger partial charge on any atom is -0.399 e. The first-order valence-electron chi connectivity index (χ1n) is 6.57. The molecule has 1 nitrogen and oxygen atoms in total. The summed E-state index contributed by atoms with van der Waals surface area (Å²) in [6.07, 6.45) is 4.12. The third-order valence-electron chi connectivity index (χ3n) is 3.68. The third kappa shape index (κ3) is 3.41. The van der Waals surface area contributed by atoms with E-state index < -0.39 is 0 Å². The van der Waals surface area contributed by atoms with Gasteiger partial charge in [0, 0.05) is 15.8 Å². The molecule has 1 aromatic rings. The van der Waals surface area contributed by atoms with Crippen LogP contribution in [0.4, 0.5) is 5.69 Å². The molecule has 1 fully saturated rings. The molecule has 2 unspecified atom stereocenters. The molecule has 0 radical (unpaired) electrons. The topological polar surface area (TPSA) is 26.0 Å². The largest absolute Gasteiger partial charge is 0.399 e. The van der Waals surface area contributed by atoms with Gasteiger partial charge in [-0.1, -0.05) is 13.8 Å². The highest BCUT2D eigenvalue weighted by molar-refractivity contribution is 8.00. The summed E-state index contributed by atoms with van der Waals surface area (Å²) in [5, 5.41) is 0.789. The Morgan fingerprint density at radius 2 is 1.76 bits per heavy atom. The van der Waals surface area contributed by atoms with E-state index in [-0.39, 0.29) is 0 Å². The van der Waals surface area contributed by atoms with Gasteiger partial charge in [-0.05, 0) is 61.8 Å². The Morgan fingerprint density at radius 1 is 1.12 bits per heavy atom. The summed E-state index contributed by atoms with van der Waals surface area (Å²) >= 11 is 2.04. The number of nitrogens with two attached hydrogens (primary N) is 1. The highest BCUT2D eigenvalue weighted by atomic mass is 32.2. The highest BCUT2D eigenvalue weighted by Crippen LogP contribution is 2.39. The second-order valence-electron chi connectivity index (χ2n) is 5.68. The van der Waals surface area contributed by atoms with Crippen LogP contribution in [0.2, 0.25) is 0 Å². The molecule has 1 saturated carbocycles. The Morgan fingerprint density at radius 3 is 2.35 bits per heavy atom. The van der Waals surface area contributed by atoms with Crippen molar-refractivity contribution in [2.24, 2.45) is 11.8 Å². The van der Waals surface area contributed by atoms with Gasteiger partial charge in [-0.25, -0.2) is 0 Å². The second kappa shape index (κ2) is 5.34. The van der Waals surface area contributed by atoms with E-state index in [1.807, 2.05) is 17.8 Å². The molecule has 0 bridgehead atoms. The summed E-state index contributed by atoms with van der Waals surface area (Å²) in [4.78, 5) is 1.38. The Bertz CT molecular complexity index is 379. The average molecular weight is 249 g/mol. The number of aryl methyl sites for hydroxylation is 1. The van der Waals surface area contributed by atoms with Crippen LogP contribution in [0, 0.1) is 18.8 Å². The number of rotatable bonds is 2. The van der Waals surface area contributed by atoms with E-state index in [1.54, 1.807) is 0 Å². The number of anilines is 1. The third-order valence-corrected chi connectivity index (χ3v) is 4.92.